The second-order valence-electron chi connectivity index (χ2n) is 6.57. The lowest BCUT2D eigenvalue weighted by Crippen LogP contribution is -2.46. The monoisotopic (exact) mass is 318 g/mol. The molecule has 1 aliphatic heterocycles. The van der Waals surface area contributed by atoms with Crippen LogP contribution in [-0.2, 0) is 11.3 Å². The lowest BCUT2D eigenvalue weighted by molar-refractivity contribution is 0.140. The summed E-state index contributed by atoms with van der Waals surface area (Å²) in [6, 6.07) is 6.51. The number of carbonyl (C=O) groups excluding carboxylic acids is 1. The topological polar surface area (TPSA) is 50.8 Å². The van der Waals surface area contributed by atoms with Gasteiger partial charge < -0.3 is 19.7 Å². The average Bonchev–Trinajstić information content (AvgIpc) is 2.97. The Morgan fingerprint density at radius 2 is 2.22 bits per heavy atom. The van der Waals surface area contributed by atoms with Crippen molar-refractivity contribution in [3.05, 3.63) is 29.3 Å². The molecule has 126 valence electrons. The second kappa shape index (κ2) is 7.21. The van der Waals surface area contributed by atoms with Gasteiger partial charge in [0.2, 0.25) is 0 Å². The van der Waals surface area contributed by atoms with Gasteiger partial charge in [0.25, 0.3) is 0 Å². The molecule has 1 N–H and O–H groups in total. The fourth-order valence-electron chi connectivity index (χ4n) is 2.94. The normalized spacial score (nSPS) is 20.9. The van der Waals surface area contributed by atoms with Crippen molar-refractivity contribution >= 4 is 6.03 Å². The predicted molar refractivity (Wildman–Crippen MR) is 88.7 cm³/mol. The first-order valence-corrected chi connectivity index (χ1v) is 8.48. The lowest BCUT2D eigenvalue weighted by atomic mass is 9.92. The fraction of sp³-hybridized carbons (Fsp3) is 0.611. The molecule has 23 heavy (non-hydrogen) atoms. The molecule has 2 aliphatic rings. The summed E-state index contributed by atoms with van der Waals surface area (Å²) in [5.41, 5.74) is 2.17. The molecule has 2 fully saturated rings. The van der Waals surface area contributed by atoms with Gasteiger partial charge in [0.15, 0.2) is 0 Å². The first kappa shape index (κ1) is 16.1. The van der Waals surface area contributed by atoms with Crippen LogP contribution in [0.3, 0.4) is 0 Å². The number of amides is 2. The fourth-order valence-corrected chi connectivity index (χ4v) is 2.94. The minimum absolute atomic E-state index is 0.00887. The Bertz CT molecular complexity index is 551. The zero-order valence-corrected chi connectivity index (χ0v) is 14.0. The van der Waals surface area contributed by atoms with Crippen LogP contribution in [0.25, 0.3) is 0 Å². The highest BCUT2D eigenvalue weighted by molar-refractivity contribution is 5.74. The van der Waals surface area contributed by atoms with Crippen molar-refractivity contribution in [1.29, 1.82) is 0 Å². The highest BCUT2D eigenvalue weighted by Crippen LogP contribution is 2.25. The van der Waals surface area contributed by atoms with Gasteiger partial charge >= 0.3 is 6.03 Å². The van der Waals surface area contributed by atoms with Crippen molar-refractivity contribution in [2.24, 2.45) is 0 Å². The Balaban J connectivity index is 1.60. The van der Waals surface area contributed by atoms with Gasteiger partial charge in [0.05, 0.1) is 13.2 Å². The number of carbonyl (C=O) groups is 1. The van der Waals surface area contributed by atoms with Crippen LogP contribution in [0, 0.1) is 6.92 Å². The van der Waals surface area contributed by atoms with Gasteiger partial charge in [-0.3, -0.25) is 0 Å². The number of hydrogen-bond acceptors (Lipinski definition) is 3. The van der Waals surface area contributed by atoms with E-state index >= 15 is 0 Å². The van der Waals surface area contributed by atoms with Crippen LogP contribution in [0.1, 0.15) is 36.8 Å². The molecule has 1 heterocycles. The van der Waals surface area contributed by atoms with Crippen LogP contribution in [-0.4, -0.2) is 43.3 Å². The third-order valence-electron chi connectivity index (χ3n) is 4.78. The summed E-state index contributed by atoms with van der Waals surface area (Å²) in [4.78, 5) is 14.0. The second-order valence-corrected chi connectivity index (χ2v) is 6.57. The number of nitrogens with one attached hydrogen (secondary N) is 1. The highest BCUT2D eigenvalue weighted by Gasteiger charge is 2.25. The first-order valence-electron chi connectivity index (χ1n) is 8.48. The van der Waals surface area contributed by atoms with E-state index in [0.717, 1.165) is 42.7 Å². The largest absolute Gasteiger partial charge is 0.488 e. The number of rotatable bonds is 5. The van der Waals surface area contributed by atoms with E-state index in [1.807, 2.05) is 31.0 Å². The van der Waals surface area contributed by atoms with Gasteiger partial charge in [0.1, 0.15) is 11.9 Å². The molecule has 3 rings (SSSR count). The summed E-state index contributed by atoms with van der Waals surface area (Å²) >= 11 is 0. The highest BCUT2D eigenvalue weighted by atomic mass is 16.5. The van der Waals surface area contributed by atoms with Gasteiger partial charge in [-0.15, -0.1) is 0 Å². The molecule has 5 heteroatoms. The molecule has 1 atom stereocenters. The maximum atomic E-state index is 12.2. The molecule has 1 aromatic rings. The zero-order valence-electron chi connectivity index (χ0n) is 14.0. The summed E-state index contributed by atoms with van der Waals surface area (Å²) in [5, 5.41) is 3.01. The van der Waals surface area contributed by atoms with Crippen LogP contribution in [0.4, 0.5) is 4.79 Å². The molecule has 2 amide bonds. The van der Waals surface area contributed by atoms with Crippen molar-refractivity contribution in [1.82, 2.24) is 10.2 Å². The zero-order chi connectivity index (χ0) is 16.2. The van der Waals surface area contributed by atoms with E-state index in [0.29, 0.717) is 19.2 Å². The minimum atomic E-state index is -0.00887. The minimum Gasteiger partial charge on any atom is -0.488 e. The summed E-state index contributed by atoms with van der Waals surface area (Å²) in [6.45, 7) is 3.93. The van der Waals surface area contributed by atoms with Gasteiger partial charge in [-0.25, -0.2) is 4.79 Å². The van der Waals surface area contributed by atoms with Gasteiger partial charge in [-0.2, -0.15) is 0 Å². The van der Waals surface area contributed by atoms with E-state index in [1.54, 1.807) is 0 Å². The van der Waals surface area contributed by atoms with Crippen molar-refractivity contribution in [3.63, 3.8) is 0 Å². The van der Waals surface area contributed by atoms with E-state index < -0.39 is 0 Å². The standard InChI is InChI=1S/C18H26N2O3/c1-13-6-7-14(17(10-13)23-16-8-9-22-12-16)11-19-18(21)20(2)15-4-3-5-15/h6-7,10,15-16H,3-5,8-9,11-12H2,1-2H3,(H,19,21)/t16-/m0/s1. The van der Waals surface area contributed by atoms with Crippen LogP contribution in [0.2, 0.25) is 0 Å². The third-order valence-corrected chi connectivity index (χ3v) is 4.78. The van der Waals surface area contributed by atoms with Crippen molar-refractivity contribution in [2.45, 2.75) is 51.3 Å². The molecule has 0 bridgehead atoms. The number of ether oxygens (including phenoxy) is 2. The number of nitrogens with zero attached hydrogens (tertiary/aromatic N) is 1. The van der Waals surface area contributed by atoms with E-state index in [2.05, 4.69) is 11.4 Å². The maximum Gasteiger partial charge on any atom is 0.317 e. The molecule has 1 aromatic carbocycles. The van der Waals surface area contributed by atoms with Crippen LogP contribution in [0.15, 0.2) is 18.2 Å². The molecule has 0 unspecified atom stereocenters. The Morgan fingerprint density at radius 1 is 1.39 bits per heavy atom. The average molecular weight is 318 g/mol. The van der Waals surface area contributed by atoms with E-state index in [1.165, 1.54) is 6.42 Å². The smallest absolute Gasteiger partial charge is 0.317 e. The van der Waals surface area contributed by atoms with Crippen molar-refractivity contribution < 1.29 is 14.3 Å². The predicted octanol–water partition coefficient (Wildman–Crippen LogP) is 2.86. The Labute approximate surface area is 137 Å². The van der Waals surface area contributed by atoms with E-state index in [9.17, 15) is 4.79 Å². The summed E-state index contributed by atoms with van der Waals surface area (Å²) in [7, 11) is 1.88. The molecular weight excluding hydrogens is 292 g/mol. The Morgan fingerprint density at radius 3 is 2.87 bits per heavy atom. The van der Waals surface area contributed by atoms with Crippen LogP contribution in [0.5, 0.6) is 5.75 Å². The van der Waals surface area contributed by atoms with Crippen LogP contribution < -0.4 is 10.1 Å². The molecule has 0 spiro atoms. The summed E-state index contributed by atoms with van der Waals surface area (Å²) in [5.74, 6) is 0.854. The van der Waals surface area contributed by atoms with Crippen molar-refractivity contribution in [3.8, 4) is 5.75 Å². The number of aryl methyl sites for hydroxylation is 1. The van der Waals surface area contributed by atoms with Gasteiger partial charge in [-0.1, -0.05) is 12.1 Å². The van der Waals surface area contributed by atoms with Gasteiger partial charge in [0, 0.05) is 31.6 Å². The molecule has 1 aliphatic carbocycles. The SMILES string of the molecule is Cc1ccc(CNC(=O)N(C)C2CCC2)c(O[C@H]2CCOC2)c1. The summed E-state index contributed by atoms with van der Waals surface area (Å²) < 4.78 is 11.4. The molecule has 5 nitrogen and oxygen atoms in total. The third kappa shape index (κ3) is 3.96. The molecule has 0 aromatic heterocycles. The van der Waals surface area contributed by atoms with E-state index in [-0.39, 0.29) is 12.1 Å². The number of hydrogen-bond donors (Lipinski definition) is 1. The first-order chi connectivity index (χ1) is 11.1. The Hall–Kier alpha value is -1.75. The molecular formula is C18H26N2O3. The lowest BCUT2D eigenvalue weighted by Gasteiger charge is -2.34. The Kier molecular flexibility index (Phi) is 5.06. The number of benzene rings is 1. The van der Waals surface area contributed by atoms with E-state index in [4.69, 9.17) is 9.47 Å². The quantitative estimate of drug-likeness (QED) is 0.908. The maximum absolute atomic E-state index is 12.2. The van der Waals surface area contributed by atoms with Crippen molar-refractivity contribution in [2.75, 3.05) is 20.3 Å². The summed E-state index contributed by atoms with van der Waals surface area (Å²) in [6.07, 6.45) is 4.49. The molecule has 0 radical (unpaired) electrons. The van der Waals surface area contributed by atoms with Crippen LogP contribution >= 0.6 is 0 Å². The van der Waals surface area contributed by atoms with Gasteiger partial charge in [-0.05, 0) is 37.8 Å². The number of urea groups is 1. The molecule has 1 saturated heterocycles. The molecule has 1 saturated carbocycles.